The maximum absolute atomic E-state index is 11.1. The largest absolute Gasteiger partial charge is 0.389 e. The molecule has 4 heteroatoms. The van der Waals surface area contributed by atoms with E-state index in [0.29, 0.717) is 13.1 Å². The topological polar surface area (TPSA) is 60.8 Å². The quantitative estimate of drug-likeness (QED) is 0.612. The van der Waals surface area contributed by atoms with Gasteiger partial charge in [0, 0.05) is 19.0 Å². The summed E-state index contributed by atoms with van der Waals surface area (Å²) in [5.41, 5.74) is 0. The molecule has 2 atom stereocenters. The second kappa shape index (κ2) is 3.98. The minimum atomic E-state index is -0.414. The van der Waals surface area contributed by atoms with E-state index in [0.717, 1.165) is 11.5 Å². The van der Waals surface area contributed by atoms with Crippen LogP contribution in [-0.4, -0.2) is 40.9 Å². The van der Waals surface area contributed by atoms with E-state index in [2.05, 4.69) is 0 Å². The van der Waals surface area contributed by atoms with Crippen LogP contribution >= 0.6 is 0 Å². The second-order valence-corrected chi connectivity index (χ2v) is 3.41. The molecule has 0 aromatic heterocycles. The molecule has 1 aliphatic rings. The van der Waals surface area contributed by atoms with Crippen molar-refractivity contribution in [3.05, 3.63) is 0 Å². The number of ketones is 1. The van der Waals surface area contributed by atoms with Gasteiger partial charge >= 0.3 is 0 Å². The molecular formula is C8H15NO3. The van der Waals surface area contributed by atoms with E-state index in [1.165, 1.54) is 0 Å². The Kier molecular flexibility index (Phi) is 3.20. The Morgan fingerprint density at radius 1 is 1.67 bits per heavy atom. The van der Waals surface area contributed by atoms with E-state index in [1.807, 2.05) is 6.92 Å². The first-order valence-electron chi connectivity index (χ1n) is 4.22. The summed E-state index contributed by atoms with van der Waals surface area (Å²) in [6.07, 6.45) is 0.812. The van der Waals surface area contributed by atoms with Crippen LogP contribution in [-0.2, 0) is 4.79 Å². The summed E-state index contributed by atoms with van der Waals surface area (Å²) in [5.74, 6) is -0.0944. The van der Waals surface area contributed by atoms with Gasteiger partial charge in [-0.05, 0) is 12.3 Å². The number of hydroxylamine groups is 2. The Morgan fingerprint density at radius 2 is 2.33 bits per heavy atom. The minimum Gasteiger partial charge on any atom is -0.389 e. The number of aliphatic hydroxyl groups excluding tert-OH is 1. The molecule has 2 unspecified atom stereocenters. The third-order valence-electron chi connectivity index (χ3n) is 2.51. The molecule has 0 bridgehead atoms. The first-order valence-corrected chi connectivity index (χ1v) is 4.22. The van der Waals surface area contributed by atoms with Crippen LogP contribution in [0.1, 0.15) is 13.3 Å². The SMILES string of the molecule is CC1CCN(O)CC1C(=O)CO. The van der Waals surface area contributed by atoms with Gasteiger partial charge in [0.25, 0.3) is 0 Å². The fourth-order valence-electron chi connectivity index (χ4n) is 1.59. The normalized spacial score (nSPS) is 31.9. The summed E-state index contributed by atoms with van der Waals surface area (Å²) >= 11 is 0. The van der Waals surface area contributed by atoms with Crippen molar-refractivity contribution < 1.29 is 15.1 Å². The molecule has 0 saturated carbocycles. The van der Waals surface area contributed by atoms with Crippen molar-refractivity contribution in [2.75, 3.05) is 19.7 Å². The van der Waals surface area contributed by atoms with Crippen LogP contribution in [0, 0.1) is 11.8 Å². The van der Waals surface area contributed by atoms with Gasteiger partial charge < -0.3 is 10.3 Å². The van der Waals surface area contributed by atoms with Gasteiger partial charge in [-0.1, -0.05) is 6.92 Å². The molecule has 12 heavy (non-hydrogen) atoms. The van der Waals surface area contributed by atoms with Crippen molar-refractivity contribution >= 4 is 5.78 Å². The van der Waals surface area contributed by atoms with Crippen LogP contribution in [0.4, 0.5) is 0 Å². The van der Waals surface area contributed by atoms with Gasteiger partial charge in [0.15, 0.2) is 5.78 Å². The first-order chi connectivity index (χ1) is 5.65. The van der Waals surface area contributed by atoms with E-state index in [4.69, 9.17) is 10.3 Å². The lowest BCUT2D eigenvalue weighted by Crippen LogP contribution is -2.42. The van der Waals surface area contributed by atoms with E-state index in [9.17, 15) is 4.79 Å². The third-order valence-corrected chi connectivity index (χ3v) is 2.51. The molecule has 0 amide bonds. The lowest BCUT2D eigenvalue weighted by molar-refractivity contribution is -0.149. The van der Waals surface area contributed by atoms with Gasteiger partial charge in [-0.2, -0.15) is 5.06 Å². The zero-order chi connectivity index (χ0) is 9.14. The van der Waals surface area contributed by atoms with Crippen molar-refractivity contribution in [3.8, 4) is 0 Å². The van der Waals surface area contributed by atoms with Gasteiger partial charge in [0.2, 0.25) is 0 Å². The molecule has 1 heterocycles. The number of hydrogen-bond donors (Lipinski definition) is 2. The van der Waals surface area contributed by atoms with Gasteiger partial charge in [-0.3, -0.25) is 4.79 Å². The molecule has 0 radical (unpaired) electrons. The van der Waals surface area contributed by atoms with Crippen LogP contribution in [0.5, 0.6) is 0 Å². The number of Topliss-reactive ketones (excluding diaryl/α,β-unsaturated/α-hetero) is 1. The molecule has 2 N–H and O–H groups in total. The monoisotopic (exact) mass is 173 g/mol. The van der Waals surface area contributed by atoms with Crippen molar-refractivity contribution in [3.63, 3.8) is 0 Å². The molecule has 0 aromatic rings. The summed E-state index contributed by atoms with van der Waals surface area (Å²) in [6.45, 7) is 2.55. The molecule has 1 aliphatic heterocycles. The number of carbonyl (C=O) groups excluding carboxylic acids is 1. The summed E-state index contributed by atoms with van der Waals surface area (Å²) in [7, 11) is 0. The minimum absolute atomic E-state index is 0.166. The lowest BCUT2D eigenvalue weighted by Gasteiger charge is -2.31. The van der Waals surface area contributed by atoms with Crippen LogP contribution in [0.25, 0.3) is 0 Å². The second-order valence-electron chi connectivity index (χ2n) is 3.41. The van der Waals surface area contributed by atoms with Crippen LogP contribution in [0.3, 0.4) is 0 Å². The average Bonchev–Trinajstić information content (AvgIpc) is 2.08. The predicted octanol–water partition coefficient (Wildman–Crippen LogP) is -0.105. The van der Waals surface area contributed by atoms with E-state index in [-0.39, 0.29) is 17.6 Å². The molecule has 1 saturated heterocycles. The maximum Gasteiger partial charge on any atom is 0.162 e. The highest BCUT2D eigenvalue weighted by atomic mass is 16.5. The third kappa shape index (κ3) is 2.03. The zero-order valence-electron chi connectivity index (χ0n) is 7.23. The molecule has 1 rings (SSSR count). The van der Waals surface area contributed by atoms with Crippen molar-refractivity contribution in [2.24, 2.45) is 11.8 Å². The standard InChI is InChI=1S/C8H15NO3/c1-6-2-3-9(12)4-7(6)8(11)5-10/h6-7,10,12H,2-5H2,1H3. The Morgan fingerprint density at radius 3 is 2.92 bits per heavy atom. The van der Waals surface area contributed by atoms with Crippen LogP contribution < -0.4 is 0 Å². The Bertz CT molecular complexity index is 172. The smallest absolute Gasteiger partial charge is 0.162 e. The lowest BCUT2D eigenvalue weighted by atomic mass is 9.85. The number of hydrogen-bond acceptors (Lipinski definition) is 4. The Balaban J connectivity index is 2.54. The van der Waals surface area contributed by atoms with Crippen molar-refractivity contribution in [2.45, 2.75) is 13.3 Å². The number of aliphatic hydroxyl groups is 1. The van der Waals surface area contributed by atoms with Gasteiger partial charge in [0.05, 0.1) is 0 Å². The van der Waals surface area contributed by atoms with Gasteiger partial charge in [0.1, 0.15) is 6.61 Å². The van der Waals surface area contributed by atoms with Crippen LogP contribution in [0.15, 0.2) is 0 Å². The fraction of sp³-hybridized carbons (Fsp3) is 0.875. The highest BCUT2D eigenvalue weighted by Crippen LogP contribution is 2.22. The number of nitrogens with zero attached hydrogens (tertiary/aromatic N) is 1. The zero-order valence-corrected chi connectivity index (χ0v) is 7.23. The summed E-state index contributed by atoms with van der Waals surface area (Å²) in [4.78, 5) is 11.1. The summed E-state index contributed by atoms with van der Waals surface area (Å²) < 4.78 is 0. The van der Waals surface area contributed by atoms with E-state index in [1.54, 1.807) is 0 Å². The maximum atomic E-state index is 11.1. The molecule has 70 valence electrons. The summed E-state index contributed by atoms with van der Waals surface area (Å²) in [6, 6.07) is 0. The van der Waals surface area contributed by atoms with Crippen LogP contribution in [0.2, 0.25) is 0 Å². The molecule has 0 aliphatic carbocycles. The van der Waals surface area contributed by atoms with Crippen molar-refractivity contribution in [1.82, 2.24) is 5.06 Å². The van der Waals surface area contributed by atoms with Gasteiger partial charge in [-0.25, -0.2) is 0 Å². The molecule has 4 nitrogen and oxygen atoms in total. The molecule has 1 fully saturated rings. The Hall–Kier alpha value is -0.450. The molecular weight excluding hydrogens is 158 g/mol. The van der Waals surface area contributed by atoms with Crippen molar-refractivity contribution in [1.29, 1.82) is 0 Å². The average molecular weight is 173 g/mol. The van der Waals surface area contributed by atoms with E-state index >= 15 is 0 Å². The Labute approximate surface area is 71.8 Å². The molecule has 0 spiro atoms. The number of rotatable bonds is 2. The highest BCUT2D eigenvalue weighted by Gasteiger charge is 2.30. The number of carbonyl (C=O) groups is 1. The highest BCUT2D eigenvalue weighted by molar-refractivity contribution is 5.82. The number of piperidine rings is 1. The van der Waals surface area contributed by atoms with E-state index < -0.39 is 6.61 Å². The summed E-state index contributed by atoms with van der Waals surface area (Å²) in [5, 5.41) is 18.9. The fourth-order valence-corrected chi connectivity index (χ4v) is 1.59. The first kappa shape index (κ1) is 9.64. The van der Waals surface area contributed by atoms with Gasteiger partial charge in [-0.15, -0.1) is 0 Å². The predicted molar refractivity (Wildman–Crippen MR) is 42.7 cm³/mol. The molecule has 0 aromatic carbocycles.